The van der Waals surface area contributed by atoms with Crippen LogP contribution in [0.5, 0.6) is 0 Å². The number of nitrogens with zero attached hydrogens (tertiary/aromatic N) is 3. The summed E-state index contributed by atoms with van der Waals surface area (Å²) in [5.74, 6) is 1.15. The number of hydrogen-bond donors (Lipinski definition) is 1. The summed E-state index contributed by atoms with van der Waals surface area (Å²) >= 11 is 0. The van der Waals surface area contributed by atoms with Gasteiger partial charge in [0.1, 0.15) is 0 Å². The number of aromatic nitrogens is 2. The molecular weight excluding hydrogens is 409 g/mol. The molecule has 160 valence electrons. The van der Waals surface area contributed by atoms with E-state index in [1.807, 2.05) is 0 Å². The molecule has 0 aliphatic carbocycles. The molecule has 1 aromatic carbocycles. The van der Waals surface area contributed by atoms with Crippen LogP contribution in [-0.4, -0.2) is 48.8 Å². The minimum atomic E-state index is -4.33. The number of benzene rings is 1. The molecule has 1 aromatic heterocycles. The Labute approximate surface area is 167 Å². The van der Waals surface area contributed by atoms with Crippen LogP contribution in [0.1, 0.15) is 41.6 Å². The quantitative estimate of drug-likeness (QED) is 0.677. The topological polar surface area (TPSA) is 88.3 Å². The van der Waals surface area contributed by atoms with Crippen LogP contribution in [-0.2, 0) is 29.2 Å². The van der Waals surface area contributed by atoms with Gasteiger partial charge in [0.05, 0.1) is 11.8 Å². The molecule has 1 aliphatic heterocycles. The maximum Gasteiger partial charge on any atom is 0.416 e. The van der Waals surface area contributed by atoms with Crippen molar-refractivity contribution < 1.29 is 26.1 Å². The summed E-state index contributed by atoms with van der Waals surface area (Å²) in [4.78, 5) is 4.39. The summed E-state index contributed by atoms with van der Waals surface area (Å²) < 4.78 is 67.5. The van der Waals surface area contributed by atoms with Crippen LogP contribution >= 0.6 is 0 Å². The van der Waals surface area contributed by atoms with Crippen LogP contribution < -0.4 is 5.32 Å². The minimum absolute atomic E-state index is 0.0746. The molecule has 0 atom stereocenters. The number of halogens is 3. The Morgan fingerprint density at radius 2 is 1.86 bits per heavy atom. The third-order valence-electron chi connectivity index (χ3n) is 4.90. The van der Waals surface area contributed by atoms with E-state index in [-0.39, 0.29) is 5.92 Å². The van der Waals surface area contributed by atoms with E-state index >= 15 is 0 Å². The lowest BCUT2D eigenvalue weighted by atomic mass is 9.97. The summed E-state index contributed by atoms with van der Waals surface area (Å²) in [7, 11) is -3.17. The zero-order valence-corrected chi connectivity index (χ0v) is 16.8. The molecule has 0 amide bonds. The fourth-order valence-corrected chi connectivity index (χ4v) is 4.09. The second-order valence-electron chi connectivity index (χ2n) is 7.10. The lowest BCUT2D eigenvalue weighted by Crippen LogP contribution is -2.37. The van der Waals surface area contributed by atoms with Crippen LogP contribution in [0, 0.1) is 0 Å². The largest absolute Gasteiger partial charge is 0.416 e. The zero-order valence-electron chi connectivity index (χ0n) is 15.9. The summed E-state index contributed by atoms with van der Waals surface area (Å²) in [6.07, 6.45) is -1.33. The Bertz CT molecular complexity index is 905. The van der Waals surface area contributed by atoms with Gasteiger partial charge < -0.3 is 9.84 Å². The number of sulfonamides is 1. The van der Waals surface area contributed by atoms with E-state index in [2.05, 4.69) is 15.5 Å². The van der Waals surface area contributed by atoms with Gasteiger partial charge in [-0.15, -0.1) is 0 Å². The van der Waals surface area contributed by atoms with Crippen molar-refractivity contribution in [1.29, 1.82) is 0 Å². The van der Waals surface area contributed by atoms with E-state index < -0.39 is 21.8 Å². The van der Waals surface area contributed by atoms with Gasteiger partial charge in [-0.25, -0.2) is 12.7 Å². The number of hydrogen-bond acceptors (Lipinski definition) is 6. The van der Waals surface area contributed by atoms with Crippen LogP contribution in [0.4, 0.5) is 13.2 Å². The van der Waals surface area contributed by atoms with Gasteiger partial charge >= 0.3 is 6.18 Å². The van der Waals surface area contributed by atoms with Crippen molar-refractivity contribution in [2.75, 3.05) is 25.9 Å². The van der Waals surface area contributed by atoms with Gasteiger partial charge in [-0.2, -0.15) is 18.2 Å². The van der Waals surface area contributed by atoms with E-state index in [0.29, 0.717) is 57.2 Å². The van der Waals surface area contributed by atoms with Crippen molar-refractivity contribution in [3.05, 3.63) is 47.1 Å². The van der Waals surface area contributed by atoms with Gasteiger partial charge in [0.25, 0.3) is 0 Å². The average molecular weight is 432 g/mol. The summed E-state index contributed by atoms with van der Waals surface area (Å²) in [5.41, 5.74) is 0.0869. The first-order chi connectivity index (χ1) is 13.6. The van der Waals surface area contributed by atoms with Gasteiger partial charge in [-0.3, -0.25) is 0 Å². The Hall–Kier alpha value is -1.98. The summed E-state index contributed by atoms with van der Waals surface area (Å²) in [6, 6.07) is 5.03. The molecule has 1 fully saturated rings. The van der Waals surface area contributed by atoms with Crippen molar-refractivity contribution in [1.82, 2.24) is 19.8 Å². The highest BCUT2D eigenvalue weighted by Crippen LogP contribution is 2.29. The Morgan fingerprint density at radius 3 is 2.45 bits per heavy atom. The fraction of sp³-hybridized carbons (Fsp3) is 0.556. The molecule has 1 saturated heterocycles. The highest BCUT2D eigenvalue weighted by Gasteiger charge is 2.30. The normalized spacial score (nSPS) is 17.0. The zero-order chi connectivity index (χ0) is 21.1. The van der Waals surface area contributed by atoms with Gasteiger partial charge in [-0.1, -0.05) is 17.3 Å². The second kappa shape index (κ2) is 8.80. The molecule has 3 rings (SSSR count). The molecule has 1 N–H and O–H groups in total. The Balaban J connectivity index is 1.42. The first-order valence-corrected chi connectivity index (χ1v) is 11.1. The summed E-state index contributed by atoms with van der Waals surface area (Å²) in [5, 5.41) is 7.15. The van der Waals surface area contributed by atoms with Crippen LogP contribution in [0.2, 0.25) is 0 Å². The first kappa shape index (κ1) is 21.7. The van der Waals surface area contributed by atoms with E-state index in [1.54, 1.807) is 0 Å². The van der Waals surface area contributed by atoms with E-state index in [1.165, 1.54) is 22.7 Å². The Morgan fingerprint density at radius 1 is 1.21 bits per heavy atom. The highest BCUT2D eigenvalue weighted by molar-refractivity contribution is 7.88. The first-order valence-electron chi connectivity index (χ1n) is 9.27. The van der Waals surface area contributed by atoms with Crippen molar-refractivity contribution in [2.45, 2.75) is 37.9 Å². The summed E-state index contributed by atoms with van der Waals surface area (Å²) in [6.45, 7) is 1.86. The molecule has 0 radical (unpaired) electrons. The lowest BCUT2D eigenvalue weighted by Gasteiger charge is -2.28. The van der Waals surface area contributed by atoms with E-state index in [0.717, 1.165) is 17.7 Å². The molecule has 2 aromatic rings. The molecule has 0 spiro atoms. The highest BCUT2D eigenvalue weighted by atomic mass is 32.2. The van der Waals surface area contributed by atoms with Gasteiger partial charge in [0, 0.05) is 38.5 Å². The van der Waals surface area contributed by atoms with Crippen molar-refractivity contribution >= 4 is 10.0 Å². The average Bonchev–Trinajstić information content (AvgIpc) is 3.13. The Kier molecular flexibility index (Phi) is 6.59. The third kappa shape index (κ3) is 6.00. The molecule has 0 saturated carbocycles. The van der Waals surface area contributed by atoms with Crippen molar-refractivity contribution in [3.63, 3.8) is 0 Å². The monoisotopic (exact) mass is 432 g/mol. The second-order valence-corrected chi connectivity index (χ2v) is 9.09. The van der Waals surface area contributed by atoms with Crippen LogP contribution in [0.25, 0.3) is 0 Å². The standard InChI is InChI=1S/C18H23F3N4O3S/c1-29(26,27)25-10-7-14(8-11-25)17-23-16(28-24-17)6-9-22-12-13-2-4-15(5-3-13)18(19,20)21/h2-5,14,22H,6-12H2,1H3. The third-order valence-corrected chi connectivity index (χ3v) is 6.20. The maximum atomic E-state index is 12.6. The molecule has 29 heavy (non-hydrogen) atoms. The molecule has 0 unspecified atom stereocenters. The van der Waals surface area contributed by atoms with Crippen molar-refractivity contribution in [3.8, 4) is 0 Å². The van der Waals surface area contributed by atoms with Crippen molar-refractivity contribution in [2.24, 2.45) is 0 Å². The van der Waals surface area contributed by atoms with Gasteiger partial charge in [-0.05, 0) is 30.5 Å². The molecule has 11 heteroatoms. The molecule has 7 nitrogen and oxygen atoms in total. The van der Waals surface area contributed by atoms with Crippen LogP contribution in [0.15, 0.2) is 28.8 Å². The maximum absolute atomic E-state index is 12.6. The molecule has 2 heterocycles. The molecular formula is C18H23F3N4O3S. The SMILES string of the molecule is CS(=O)(=O)N1CCC(c2noc(CCNCc3ccc(C(F)(F)F)cc3)n2)CC1. The number of nitrogens with one attached hydrogen (secondary N) is 1. The van der Waals surface area contributed by atoms with E-state index in [4.69, 9.17) is 4.52 Å². The predicted molar refractivity (Wildman–Crippen MR) is 99.5 cm³/mol. The predicted octanol–water partition coefficient (Wildman–Crippen LogP) is 2.56. The fourth-order valence-electron chi connectivity index (χ4n) is 3.22. The molecule has 0 bridgehead atoms. The van der Waals surface area contributed by atoms with Crippen LogP contribution in [0.3, 0.4) is 0 Å². The van der Waals surface area contributed by atoms with Gasteiger partial charge in [0.15, 0.2) is 5.82 Å². The lowest BCUT2D eigenvalue weighted by molar-refractivity contribution is -0.137. The van der Waals surface area contributed by atoms with Gasteiger partial charge in [0.2, 0.25) is 15.9 Å². The van der Waals surface area contributed by atoms with E-state index in [9.17, 15) is 21.6 Å². The number of rotatable bonds is 7. The number of piperidine rings is 1. The minimum Gasteiger partial charge on any atom is -0.339 e. The number of alkyl halides is 3. The molecule has 1 aliphatic rings. The smallest absolute Gasteiger partial charge is 0.339 e.